The Morgan fingerprint density at radius 1 is 1.40 bits per heavy atom. The third kappa shape index (κ3) is 3.41. The average molecular weight is 336 g/mol. The highest BCUT2D eigenvalue weighted by Crippen LogP contribution is 2.28. The van der Waals surface area contributed by atoms with Gasteiger partial charge in [-0.3, -0.25) is 4.68 Å². The molecule has 1 aliphatic rings. The van der Waals surface area contributed by atoms with Gasteiger partial charge >= 0.3 is 0 Å². The van der Waals surface area contributed by atoms with E-state index in [0.717, 1.165) is 35.1 Å². The molecule has 0 atom stereocenters. The summed E-state index contributed by atoms with van der Waals surface area (Å²) < 4.78 is 8.72. The fourth-order valence-electron chi connectivity index (χ4n) is 1.98. The van der Waals surface area contributed by atoms with Crippen LogP contribution >= 0.6 is 15.9 Å². The van der Waals surface area contributed by atoms with Crippen LogP contribution in [0.2, 0.25) is 0 Å². The minimum Gasteiger partial charge on any atom is -0.454 e. The number of ether oxygens (including phenoxy) is 1. The van der Waals surface area contributed by atoms with Gasteiger partial charge in [0.1, 0.15) is 5.75 Å². The van der Waals surface area contributed by atoms with Crippen molar-refractivity contribution in [3.8, 4) is 11.5 Å². The third-order valence-corrected chi connectivity index (χ3v) is 4.09. The summed E-state index contributed by atoms with van der Waals surface area (Å²) in [4.78, 5) is 0. The smallest absolute Gasteiger partial charge is 0.165 e. The zero-order chi connectivity index (χ0) is 13.9. The Morgan fingerprint density at radius 3 is 2.90 bits per heavy atom. The summed E-state index contributed by atoms with van der Waals surface area (Å²) in [5, 5.41) is 7.71. The lowest BCUT2D eigenvalue weighted by Crippen LogP contribution is -2.15. The van der Waals surface area contributed by atoms with Crippen LogP contribution in [-0.4, -0.2) is 15.8 Å². The summed E-state index contributed by atoms with van der Waals surface area (Å²) in [6.45, 7) is 3.80. The Morgan fingerprint density at radius 2 is 2.25 bits per heavy atom. The zero-order valence-electron chi connectivity index (χ0n) is 11.5. The fraction of sp³-hybridized carbons (Fsp3) is 0.400. The number of nitrogens with zero attached hydrogens (tertiary/aromatic N) is 2. The van der Waals surface area contributed by atoms with E-state index in [9.17, 15) is 0 Å². The van der Waals surface area contributed by atoms with Crippen molar-refractivity contribution >= 4 is 15.9 Å². The van der Waals surface area contributed by atoms with Gasteiger partial charge in [-0.05, 0) is 37.5 Å². The van der Waals surface area contributed by atoms with Crippen LogP contribution in [0, 0.1) is 0 Å². The van der Waals surface area contributed by atoms with Crippen LogP contribution in [0.4, 0.5) is 0 Å². The summed E-state index contributed by atoms with van der Waals surface area (Å²) in [5.74, 6) is 1.59. The SMILES string of the molecule is CCn1cc(Oc2ccc(CNC3CC3)c(Br)c2)cn1. The second-order valence-corrected chi connectivity index (χ2v) is 5.90. The zero-order valence-corrected chi connectivity index (χ0v) is 13.1. The Bertz CT molecular complexity index is 593. The van der Waals surface area contributed by atoms with E-state index in [1.54, 1.807) is 6.20 Å². The van der Waals surface area contributed by atoms with Crippen molar-refractivity contribution in [2.45, 2.75) is 38.9 Å². The Kier molecular flexibility index (Phi) is 4.08. The van der Waals surface area contributed by atoms with Crippen LogP contribution in [-0.2, 0) is 13.1 Å². The van der Waals surface area contributed by atoms with Crippen LogP contribution in [0.3, 0.4) is 0 Å². The van der Waals surface area contributed by atoms with Gasteiger partial charge in [-0.25, -0.2) is 0 Å². The maximum atomic E-state index is 5.80. The standard InChI is InChI=1S/C15H18BrN3O/c1-2-19-10-14(9-18-19)20-13-6-3-11(15(16)7-13)8-17-12-4-5-12/h3,6-7,9-10,12,17H,2,4-5,8H2,1H3. The molecule has 0 bridgehead atoms. The van der Waals surface area contributed by atoms with E-state index in [1.165, 1.54) is 18.4 Å². The molecule has 1 aliphatic carbocycles. The molecule has 1 aromatic carbocycles. The number of hydrogen-bond acceptors (Lipinski definition) is 3. The van der Waals surface area contributed by atoms with Gasteiger partial charge in [-0.1, -0.05) is 22.0 Å². The number of nitrogens with one attached hydrogen (secondary N) is 1. The first-order valence-electron chi connectivity index (χ1n) is 6.96. The van der Waals surface area contributed by atoms with Crippen LogP contribution in [0.1, 0.15) is 25.3 Å². The van der Waals surface area contributed by atoms with Crippen molar-refractivity contribution in [2.24, 2.45) is 0 Å². The van der Waals surface area contributed by atoms with Crippen molar-refractivity contribution in [3.63, 3.8) is 0 Å². The lowest BCUT2D eigenvalue weighted by atomic mass is 10.2. The topological polar surface area (TPSA) is 39.1 Å². The minimum absolute atomic E-state index is 0.720. The maximum absolute atomic E-state index is 5.80. The van der Waals surface area contributed by atoms with Crippen molar-refractivity contribution < 1.29 is 4.74 Å². The highest BCUT2D eigenvalue weighted by atomic mass is 79.9. The third-order valence-electron chi connectivity index (χ3n) is 3.35. The van der Waals surface area contributed by atoms with Crippen molar-refractivity contribution in [2.75, 3.05) is 0 Å². The molecule has 1 fully saturated rings. The Labute approximate surface area is 127 Å². The van der Waals surface area contributed by atoms with E-state index >= 15 is 0 Å². The molecule has 0 spiro atoms. The molecule has 2 aromatic rings. The van der Waals surface area contributed by atoms with Crippen LogP contribution in [0.15, 0.2) is 35.1 Å². The summed E-state index contributed by atoms with van der Waals surface area (Å²) in [6.07, 6.45) is 6.25. The second-order valence-electron chi connectivity index (χ2n) is 5.04. The molecule has 4 nitrogen and oxygen atoms in total. The molecule has 3 rings (SSSR count). The summed E-state index contributed by atoms with van der Waals surface area (Å²) in [6, 6.07) is 6.82. The van der Waals surface area contributed by atoms with Gasteiger partial charge in [0.05, 0.1) is 12.4 Å². The van der Waals surface area contributed by atoms with Crippen LogP contribution < -0.4 is 10.1 Å². The van der Waals surface area contributed by atoms with Crippen molar-refractivity contribution in [3.05, 3.63) is 40.6 Å². The summed E-state index contributed by atoms with van der Waals surface area (Å²) in [5.41, 5.74) is 1.26. The number of hydrogen-bond donors (Lipinski definition) is 1. The van der Waals surface area contributed by atoms with Crippen LogP contribution in [0.25, 0.3) is 0 Å². The molecule has 0 amide bonds. The Balaban J connectivity index is 1.65. The van der Waals surface area contributed by atoms with Gasteiger partial charge in [-0.2, -0.15) is 5.10 Å². The lowest BCUT2D eigenvalue weighted by Gasteiger charge is -2.08. The number of rotatable bonds is 6. The highest BCUT2D eigenvalue weighted by molar-refractivity contribution is 9.10. The fourth-order valence-corrected chi connectivity index (χ4v) is 2.48. The molecule has 0 radical (unpaired) electrons. The number of aromatic nitrogens is 2. The number of benzene rings is 1. The summed E-state index contributed by atoms with van der Waals surface area (Å²) >= 11 is 3.61. The van der Waals surface area contributed by atoms with Crippen molar-refractivity contribution in [1.82, 2.24) is 15.1 Å². The highest BCUT2D eigenvalue weighted by Gasteiger charge is 2.20. The largest absolute Gasteiger partial charge is 0.454 e. The molecular weight excluding hydrogens is 318 g/mol. The molecule has 20 heavy (non-hydrogen) atoms. The molecule has 1 aromatic heterocycles. The average Bonchev–Trinajstić information content (AvgIpc) is 3.16. The molecule has 1 saturated carbocycles. The van der Waals surface area contributed by atoms with Crippen molar-refractivity contribution in [1.29, 1.82) is 0 Å². The number of halogens is 1. The normalized spacial score (nSPS) is 14.5. The monoisotopic (exact) mass is 335 g/mol. The quantitative estimate of drug-likeness (QED) is 0.874. The first-order chi connectivity index (χ1) is 9.74. The van der Waals surface area contributed by atoms with Crippen LogP contribution in [0.5, 0.6) is 11.5 Å². The molecule has 5 heteroatoms. The first kappa shape index (κ1) is 13.6. The molecule has 0 unspecified atom stereocenters. The predicted molar refractivity (Wildman–Crippen MR) is 82.0 cm³/mol. The molecule has 0 aliphatic heterocycles. The lowest BCUT2D eigenvalue weighted by molar-refractivity contribution is 0.480. The van der Waals surface area contributed by atoms with Gasteiger partial charge < -0.3 is 10.1 Å². The second kappa shape index (κ2) is 5.97. The van der Waals surface area contributed by atoms with E-state index in [2.05, 4.69) is 39.3 Å². The van der Waals surface area contributed by atoms with Gasteiger partial charge in [0.2, 0.25) is 0 Å². The maximum Gasteiger partial charge on any atom is 0.165 e. The first-order valence-corrected chi connectivity index (χ1v) is 7.76. The molecule has 1 N–H and O–H groups in total. The van der Waals surface area contributed by atoms with E-state index in [1.807, 2.05) is 23.0 Å². The van der Waals surface area contributed by atoms with Gasteiger partial charge in [0, 0.05) is 23.6 Å². The molecule has 0 saturated heterocycles. The molecule has 106 valence electrons. The molecular formula is C15H18BrN3O. The predicted octanol–water partition coefficient (Wildman–Crippen LogP) is 3.71. The Hall–Kier alpha value is -1.33. The van der Waals surface area contributed by atoms with Gasteiger partial charge in [-0.15, -0.1) is 0 Å². The van der Waals surface area contributed by atoms with E-state index in [0.29, 0.717) is 0 Å². The minimum atomic E-state index is 0.720. The van der Waals surface area contributed by atoms with Gasteiger partial charge in [0.15, 0.2) is 5.75 Å². The number of aryl methyl sites for hydroxylation is 1. The van der Waals surface area contributed by atoms with E-state index in [-0.39, 0.29) is 0 Å². The van der Waals surface area contributed by atoms with Gasteiger partial charge in [0.25, 0.3) is 0 Å². The molecule has 1 heterocycles. The summed E-state index contributed by atoms with van der Waals surface area (Å²) in [7, 11) is 0. The van der Waals surface area contributed by atoms with E-state index < -0.39 is 0 Å². The van der Waals surface area contributed by atoms with E-state index in [4.69, 9.17) is 4.74 Å².